The maximum atomic E-state index is 12.2. The maximum absolute atomic E-state index is 12.2. The summed E-state index contributed by atoms with van der Waals surface area (Å²) < 4.78 is 48.0. The monoisotopic (exact) mass is 353 g/mol. The van der Waals surface area contributed by atoms with Crippen molar-refractivity contribution in [3.63, 3.8) is 0 Å². The molecule has 11 heteroatoms. The Morgan fingerprint density at radius 2 is 1.88 bits per heavy atom. The van der Waals surface area contributed by atoms with Crippen LogP contribution in [0.4, 0.5) is 13.2 Å². The number of hydrogen-bond acceptors (Lipinski definition) is 5. The van der Waals surface area contributed by atoms with E-state index in [4.69, 9.17) is 9.47 Å². The molecule has 1 amide bonds. The molecule has 0 atom stereocenters. The third-order valence-electron chi connectivity index (χ3n) is 2.83. The van der Waals surface area contributed by atoms with Crippen molar-refractivity contribution in [3.8, 4) is 0 Å². The van der Waals surface area contributed by atoms with Crippen LogP contribution in [0.1, 0.15) is 19.4 Å². The summed E-state index contributed by atoms with van der Waals surface area (Å²) in [6.07, 6.45) is -4.76. The van der Waals surface area contributed by atoms with Gasteiger partial charge in [-0.2, -0.15) is 13.2 Å². The zero-order valence-electron chi connectivity index (χ0n) is 13.1. The number of alkyl halides is 3. The molecule has 1 aromatic rings. The van der Waals surface area contributed by atoms with Crippen LogP contribution in [-0.4, -0.2) is 41.1 Å². The van der Waals surface area contributed by atoms with E-state index in [2.05, 4.69) is 0 Å². The molecule has 1 heterocycles. The van der Waals surface area contributed by atoms with E-state index in [1.54, 1.807) is 19.2 Å². The molecule has 1 rings (SSSR count). The number of aromatic nitrogens is 2. The van der Waals surface area contributed by atoms with Crippen molar-refractivity contribution in [1.29, 1.82) is 0 Å². The molecule has 0 fully saturated rings. The fraction of sp³-hybridized carbons (Fsp3) is 0.615. The summed E-state index contributed by atoms with van der Waals surface area (Å²) in [4.78, 5) is 36.2. The number of nitrogens with one attached hydrogen (secondary N) is 2. The fourth-order valence-corrected chi connectivity index (χ4v) is 1.78. The van der Waals surface area contributed by atoms with E-state index in [9.17, 15) is 27.6 Å². The van der Waals surface area contributed by atoms with Crippen LogP contribution in [0.3, 0.4) is 0 Å². The lowest BCUT2D eigenvalue weighted by molar-refractivity contribution is -0.173. The molecule has 0 saturated heterocycles. The number of halogens is 3. The second kappa shape index (κ2) is 8.64. The van der Waals surface area contributed by atoms with Gasteiger partial charge < -0.3 is 14.8 Å². The van der Waals surface area contributed by atoms with Gasteiger partial charge in [0.05, 0.1) is 12.1 Å². The van der Waals surface area contributed by atoms with Gasteiger partial charge in [-0.3, -0.25) is 19.1 Å². The highest BCUT2D eigenvalue weighted by Crippen LogP contribution is 2.14. The smallest absolute Gasteiger partial charge is 0.351 e. The van der Waals surface area contributed by atoms with Crippen molar-refractivity contribution in [1.82, 2.24) is 14.9 Å². The molecule has 0 aliphatic rings. The number of rotatable bonds is 8. The summed E-state index contributed by atoms with van der Waals surface area (Å²) in [5.74, 6) is -2.18. The second-order valence-corrected chi connectivity index (χ2v) is 4.59. The molecular weight excluding hydrogens is 335 g/mol. The topological polar surface area (TPSA) is 102 Å². The van der Waals surface area contributed by atoms with E-state index in [1.165, 1.54) is 0 Å². The first-order valence-electron chi connectivity index (χ1n) is 7.09. The van der Waals surface area contributed by atoms with Gasteiger partial charge in [0.25, 0.3) is 5.56 Å². The molecule has 136 valence electrons. The Bertz CT molecular complexity index is 662. The molecule has 24 heavy (non-hydrogen) atoms. The van der Waals surface area contributed by atoms with Crippen molar-refractivity contribution in [2.45, 2.75) is 39.4 Å². The van der Waals surface area contributed by atoms with E-state index in [0.29, 0.717) is 13.2 Å². The van der Waals surface area contributed by atoms with Crippen molar-refractivity contribution in [2.24, 2.45) is 0 Å². The molecule has 8 nitrogen and oxygen atoms in total. The van der Waals surface area contributed by atoms with E-state index >= 15 is 0 Å². The zero-order valence-corrected chi connectivity index (χ0v) is 13.1. The quantitative estimate of drug-likeness (QED) is 0.646. The van der Waals surface area contributed by atoms with Gasteiger partial charge in [-0.05, 0) is 13.8 Å². The lowest BCUT2D eigenvalue weighted by Crippen LogP contribution is -2.40. The SMILES string of the molecule is CCOC(Cn1cc(CNC(=O)C(F)(F)F)c(=O)[nH]c1=O)OCC. The Balaban J connectivity index is 2.94. The molecule has 0 aliphatic heterocycles. The minimum atomic E-state index is -5.06. The largest absolute Gasteiger partial charge is 0.471 e. The lowest BCUT2D eigenvalue weighted by atomic mass is 10.3. The highest BCUT2D eigenvalue weighted by molar-refractivity contribution is 5.81. The Morgan fingerprint density at radius 1 is 1.29 bits per heavy atom. The van der Waals surface area contributed by atoms with E-state index in [1.807, 2.05) is 4.98 Å². The van der Waals surface area contributed by atoms with E-state index in [0.717, 1.165) is 10.8 Å². The number of carbonyl (C=O) groups is 1. The average molecular weight is 353 g/mol. The first kappa shape index (κ1) is 19.9. The summed E-state index contributed by atoms with van der Waals surface area (Å²) >= 11 is 0. The average Bonchev–Trinajstić information content (AvgIpc) is 2.48. The standard InChI is InChI=1S/C13H18F3N3O5/c1-3-23-9(24-4-2)7-19-6-8(10(20)18-12(19)22)5-17-11(21)13(14,15)16/h6,9H,3-5,7H2,1-2H3,(H,17,21)(H,18,20,22). The van der Waals surface area contributed by atoms with Gasteiger partial charge in [0.1, 0.15) is 0 Å². The third kappa shape index (κ3) is 5.81. The number of nitrogens with zero attached hydrogens (tertiary/aromatic N) is 1. The van der Waals surface area contributed by atoms with Crippen LogP contribution in [0.15, 0.2) is 15.8 Å². The summed E-state index contributed by atoms with van der Waals surface area (Å²) in [7, 11) is 0. The van der Waals surface area contributed by atoms with Gasteiger partial charge >= 0.3 is 17.8 Å². The van der Waals surface area contributed by atoms with Crippen molar-refractivity contribution < 1.29 is 27.4 Å². The van der Waals surface area contributed by atoms with Gasteiger partial charge in [0.2, 0.25) is 0 Å². The summed E-state index contributed by atoms with van der Waals surface area (Å²) in [6, 6.07) is 0. The second-order valence-electron chi connectivity index (χ2n) is 4.59. The highest BCUT2D eigenvalue weighted by Gasteiger charge is 2.38. The van der Waals surface area contributed by atoms with Crippen LogP contribution < -0.4 is 16.6 Å². The summed E-state index contributed by atoms with van der Waals surface area (Å²) in [5.41, 5.74) is -1.86. The Morgan fingerprint density at radius 3 is 2.38 bits per heavy atom. The molecule has 0 unspecified atom stereocenters. The molecular formula is C13H18F3N3O5. The van der Waals surface area contributed by atoms with Crippen LogP contribution in [0.2, 0.25) is 0 Å². The Kier molecular flexibility index (Phi) is 7.17. The molecule has 2 N–H and O–H groups in total. The first-order valence-corrected chi connectivity index (χ1v) is 7.09. The number of ether oxygens (including phenoxy) is 2. The number of hydrogen-bond donors (Lipinski definition) is 2. The predicted octanol–water partition coefficient (Wildman–Crippen LogP) is 0.114. The van der Waals surface area contributed by atoms with Gasteiger partial charge in [-0.1, -0.05) is 0 Å². The van der Waals surface area contributed by atoms with Crippen LogP contribution >= 0.6 is 0 Å². The number of amides is 1. The number of aromatic amines is 1. The van der Waals surface area contributed by atoms with Gasteiger partial charge in [0.15, 0.2) is 6.29 Å². The van der Waals surface area contributed by atoms with Crippen molar-refractivity contribution >= 4 is 5.91 Å². The van der Waals surface area contributed by atoms with E-state index < -0.39 is 36.2 Å². The van der Waals surface area contributed by atoms with Crippen LogP contribution in [0.5, 0.6) is 0 Å². The van der Waals surface area contributed by atoms with Crippen molar-refractivity contribution in [3.05, 3.63) is 32.6 Å². The van der Waals surface area contributed by atoms with Gasteiger partial charge in [-0.25, -0.2) is 4.79 Å². The Hall–Kier alpha value is -2.14. The molecule has 0 saturated carbocycles. The van der Waals surface area contributed by atoms with Gasteiger partial charge in [0, 0.05) is 26.0 Å². The fourth-order valence-electron chi connectivity index (χ4n) is 1.78. The molecule has 0 spiro atoms. The molecule has 0 radical (unpaired) electrons. The normalized spacial score (nSPS) is 11.8. The highest BCUT2D eigenvalue weighted by atomic mass is 19.4. The third-order valence-corrected chi connectivity index (χ3v) is 2.83. The lowest BCUT2D eigenvalue weighted by Gasteiger charge is -2.18. The number of H-pyrrole nitrogens is 1. The van der Waals surface area contributed by atoms with Crippen LogP contribution in [-0.2, 0) is 27.4 Å². The summed E-state index contributed by atoms with van der Waals surface area (Å²) in [6.45, 7) is 3.33. The first-order chi connectivity index (χ1) is 11.2. The maximum Gasteiger partial charge on any atom is 0.471 e. The molecule has 0 bridgehead atoms. The minimum Gasteiger partial charge on any atom is -0.351 e. The molecule has 0 aliphatic carbocycles. The number of carbonyl (C=O) groups excluding carboxylic acids is 1. The minimum absolute atomic E-state index is 0.0719. The molecule has 1 aromatic heterocycles. The summed E-state index contributed by atoms with van der Waals surface area (Å²) in [5, 5.41) is 1.57. The van der Waals surface area contributed by atoms with Gasteiger partial charge in [-0.15, -0.1) is 0 Å². The van der Waals surface area contributed by atoms with Crippen LogP contribution in [0, 0.1) is 0 Å². The zero-order chi connectivity index (χ0) is 18.3. The van der Waals surface area contributed by atoms with Crippen molar-refractivity contribution in [2.75, 3.05) is 13.2 Å². The van der Waals surface area contributed by atoms with E-state index in [-0.39, 0.29) is 12.1 Å². The predicted molar refractivity (Wildman–Crippen MR) is 76.3 cm³/mol. The molecule has 0 aromatic carbocycles. The Labute approximate surface area is 134 Å². The van der Waals surface area contributed by atoms with Crippen LogP contribution in [0.25, 0.3) is 0 Å².